The monoisotopic (exact) mass is 378 g/mol. The second-order valence-electron chi connectivity index (χ2n) is 7.41. The third-order valence-corrected chi connectivity index (χ3v) is 4.95. The van der Waals surface area contributed by atoms with Crippen LogP contribution in [-0.4, -0.2) is 42.1 Å². The number of hydrogen-bond donors (Lipinski definition) is 2. The standard InChI is InChI=1S/C21H26N6O/c1-14-23-19(12-20(24-14)27(2)3)25-17-7-9-18(10-8-17)26-21(28)16-6-4-5-15(11-16)13-22/h4-6,11-12,17-18H,7-10H2,1-3H3,(H,26,28)(H,23,24,25). The molecular formula is C21H26N6O. The van der Waals surface area contributed by atoms with Crippen molar-refractivity contribution in [3.8, 4) is 6.07 Å². The van der Waals surface area contributed by atoms with Gasteiger partial charge in [0.2, 0.25) is 0 Å². The number of aryl methyl sites for hydroxylation is 1. The lowest BCUT2D eigenvalue weighted by molar-refractivity contribution is 0.0926. The quantitative estimate of drug-likeness (QED) is 0.831. The molecular weight excluding hydrogens is 352 g/mol. The van der Waals surface area contributed by atoms with Crippen molar-refractivity contribution in [2.45, 2.75) is 44.7 Å². The van der Waals surface area contributed by atoms with Crippen molar-refractivity contribution >= 4 is 17.5 Å². The zero-order valence-corrected chi connectivity index (χ0v) is 16.6. The minimum atomic E-state index is -0.115. The summed E-state index contributed by atoms with van der Waals surface area (Å²) in [7, 11) is 3.93. The highest BCUT2D eigenvalue weighted by Gasteiger charge is 2.23. The number of nitriles is 1. The van der Waals surface area contributed by atoms with Crippen molar-refractivity contribution in [1.29, 1.82) is 5.26 Å². The number of hydrogen-bond acceptors (Lipinski definition) is 6. The molecule has 7 heteroatoms. The number of benzene rings is 1. The van der Waals surface area contributed by atoms with Crippen LogP contribution in [0.25, 0.3) is 0 Å². The van der Waals surface area contributed by atoms with Gasteiger partial charge >= 0.3 is 0 Å². The summed E-state index contributed by atoms with van der Waals surface area (Å²) in [6.07, 6.45) is 3.74. The van der Waals surface area contributed by atoms with E-state index in [0.717, 1.165) is 43.1 Å². The maximum atomic E-state index is 12.4. The topological polar surface area (TPSA) is 93.9 Å². The SMILES string of the molecule is Cc1nc(NC2CCC(NC(=O)c3cccc(C#N)c3)CC2)cc(N(C)C)n1. The number of anilines is 2. The third kappa shape index (κ3) is 4.97. The summed E-state index contributed by atoms with van der Waals surface area (Å²) in [4.78, 5) is 23.3. The van der Waals surface area contributed by atoms with Crippen LogP contribution in [-0.2, 0) is 0 Å². The van der Waals surface area contributed by atoms with Crippen LogP contribution in [0.3, 0.4) is 0 Å². The van der Waals surface area contributed by atoms with E-state index in [4.69, 9.17) is 5.26 Å². The Bertz CT molecular complexity index is 881. The molecule has 1 fully saturated rings. The zero-order valence-electron chi connectivity index (χ0n) is 16.6. The minimum absolute atomic E-state index is 0.115. The molecule has 0 atom stereocenters. The average Bonchev–Trinajstić information content (AvgIpc) is 2.69. The smallest absolute Gasteiger partial charge is 0.251 e. The summed E-state index contributed by atoms with van der Waals surface area (Å²) in [5.74, 6) is 2.36. The van der Waals surface area contributed by atoms with E-state index >= 15 is 0 Å². The molecule has 0 saturated heterocycles. The van der Waals surface area contributed by atoms with E-state index in [1.165, 1.54) is 0 Å². The Morgan fingerprint density at radius 3 is 2.54 bits per heavy atom. The number of rotatable bonds is 5. The Morgan fingerprint density at radius 2 is 1.86 bits per heavy atom. The van der Waals surface area contributed by atoms with Crippen molar-refractivity contribution < 1.29 is 4.79 Å². The van der Waals surface area contributed by atoms with Gasteiger partial charge < -0.3 is 15.5 Å². The first kappa shape index (κ1) is 19.6. The van der Waals surface area contributed by atoms with Crippen LogP contribution in [0.4, 0.5) is 11.6 Å². The molecule has 3 rings (SSSR count). The highest BCUT2D eigenvalue weighted by molar-refractivity contribution is 5.94. The summed E-state index contributed by atoms with van der Waals surface area (Å²) in [5, 5.41) is 15.6. The van der Waals surface area contributed by atoms with Crippen LogP contribution in [0.5, 0.6) is 0 Å². The van der Waals surface area contributed by atoms with Gasteiger partial charge in [0.25, 0.3) is 5.91 Å². The summed E-state index contributed by atoms with van der Waals surface area (Å²) >= 11 is 0. The molecule has 1 aromatic carbocycles. The molecule has 0 bridgehead atoms. The van der Waals surface area contributed by atoms with Crippen molar-refractivity contribution in [2.24, 2.45) is 0 Å². The molecule has 1 saturated carbocycles. The molecule has 1 heterocycles. The fraction of sp³-hybridized carbons (Fsp3) is 0.429. The van der Waals surface area contributed by atoms with Gasteiger partial charge in [-0.25, -0.2) is 9.97 Å². The van der Waals surface area contributed by atoms with E-state index in [2.05, 4.69) is 26.7 Å². The van der Waals surface area contributed by atoms with E-state index in [1.807, 2.05) is 32.0 Å². The lowest BCUT2D eigenvalue weighted by Gasteiger charge is -2.30. The molecule has 0 spiro atoms. The van der Waals surface area contributed by atoms with Gasteiger partial charge in [-0.05, 0) is 50.8 Å². The molecule has 0 radical (unpaired) electrons. The minimum Gasteiger partial charge on any atom is -0.367 e. The van der Waals surface area contributed by atoms with E-state index in [1.54, 1.807) is 24.3 Å². The molecule has 146 valence electrons. The fourth-order valence-corrected chi connectivity index (χ4v) is 3.44. The highest BCUT2D eigenvalue weighted by atomic mass is 16.1. The Morgan fingerprint density at radius 1 is 1.14 bits per heavy atom. The van der Waals surface area contributed by atoms with Gasteiger partial charge in [0.1, 0.15) is 17.5 Å². The first-order valence-electron chi connectivity index (χ1n) is 9.55. The Kier molecular flexibility index (Phi) is 6.09. The largest absolute Gasteiger partial charge is 0.367 e. The van der Waals surface area contributed by atoms with Crippen molar-refractivity contribution in [2.75, 3.05) is 24.3 Å². The van der Waals surface area contributed by atoms with Crippen LogP contribution in [0.15, 0.2) is 30.3 Å². The summed E-state index contributed by atoms with van der Waals surface area (Å²) in [6, 6.07) is 11.3. The van der Waals surface area contributed by atoms with E-state index < -0.39 is 0 Å². The molecule has 28 heavy (non-hydrogen) atoms. The third-order valence-electron chi connectivity index (χ3n) is 4.95. The fourth-order valence-electron chi connectivity index (χ4n) is 3.44. The van der Waals surface area contributed by atoms with E-state index in [-0.39, 0.29) is 11.9 Å². The predicted molar refractivity (Wildman–Crippen MR) is 109 cm³/mol. The summed E-state index contributed by atoms with van der Waals surface area (Å²) < 4.78 is 0. The second kappa shape index (κ2) is 8.70. The van der Waals surface area contributed by atoms with Gasteiger partial charge in [0, 0.05) is 37.8 Å². The first-order valence-corrected chi connectivity index (χ1v) is 9.55. The number of nitrogens with one attached hydrogen (secondary N) is 2. The van der Waals surface area contributed by atoms with Crippen LogP contribution in [0.2, 0.25) is 0 Å². The Hall–Kier alpha value is -3.14. The number of carbonyl (C=O) groups is 1. The molecule has 1 aliphatic carbocycles. The Balaban J connectivity index is 1.53. The molecule has 2 N–H and O–H groups in total. The van der Waals surface area contributed by atoms with Crippen LogP contribution in [0.1, 0.15) is 47.4 Å². The maximum Gasteiger partial charge on any atom is 0.251 e. The molecule has 1 aromatic heterocycles. The highest BCUT2D eigenvalue weighted by Crippen LogP contribution is 2.23. The van der Waals surface area contributed by atoms with E-state index in [0.29, 0.717) is 17.2 Å². The van der Waals surface area contributed by atoms with Gasteiger partial charge in [-0.1, -0.05) is 6.07 Å². The second-order valence-corrected chi connectivity index (χ2v) is 7.41. The lowest BCUT2D eigenvalue weighted by Crippen LogP contribution is -2.40. The van der Waals surface area contributed by atoms with E-state index in [9.17, 15) is 4.79 Å². The zero-order chi connectivity index (χ0) is 20.1. The average molecular weight is 378 g/mol. The van der Waals surface area contributed by atoms with Crippen molar-refractivity contribution in [1.82, 2.24) is 15.3 Å². The number of amides is 1. The van der Waals surface area contributed by atoms with Gasteiger partial charge in [-0.15, -0.1) is 0 Å². The Labute approximate surface area is 165 Å². The van der Waals surface area contributed by atoms with Crippen LogP contribution in [0, 0.1) is 18.3 Å². The van der Waals surface area contributed by atoms with Gasteiger partial charge in [0.15, 0.2) is 0 Å². The maximum absolute atomic E-state index is 12.4. The van der Waals surface area contributed by atoms with Crippen LogP contribution < -0.4 is 15.5 Å². The molecule has 1 amide bonds. The van der Waals surface area contributed by atoms with Gasteiger partial charge in [-0.3, -0.25) is 4.79 Å². The number of nitrogens with zero attached hydrogens (tertiary/aromatic N) is 4. The molecule has 0 aliphatic heterocycles. The first-order chi connectivity index (χ1) is 13.4. The van der Waals surface area contributed by atoms with Gasteiger partial charge in [-0.2, -0.15) is 5.26 Å². The van der Waals surface area contributed by atoms with Crippen molar-refractivity contribution in [3.63, 3.8) is 0 Å². The molecule has 0 unspecified atom stereocenters. The lowest BCUT2D eigenvalue weighted by atomic mass is 9.91. The molecule has 7 nitrogen and oxygen atoms in total. The summed E-state index contributed by atoms with van der Waals surface area (Å²) in [5.41, 5.74) is 1.03. The summed E-state index contributed by atoms with van der Waals surface area (Å²) in [6.45, 7) is 1.89. The normalized spacial score (nSPS) is 18.8. The van der Waals surface area contributed by atoms with Crippen molar-refractivity contribution in [3.05, 3.63) is 47.3 Å². The van der Waals surface area contributed by atoms with Crippen LogP contribution >= 0.6 is 0 Å². The number of carbonyl (C=O) groups excluding carboxylic acids is 1. The molecule has 1 aliphatic rings. The predicted octanol–water partition coefficient (Wildman–Crippen LogP) is 2.88. The molecule has 2 aromatic rings. The van der Waals surface area contributed by atoms with Gasteiger partial charge in [0.05, 0.1) is 11.6 Å². The number of aromatic nitrogens is 2.